The van der Waals surface area contributed by atoms with Crippen molar-refractivity contribution in [3.05, 3.63) is 231 Å². The summed E-state index contributed by atoms with van der Waals surface area (Å²) < 4.78 is 9.28. The molecule has 0 aliphatic heterocycles. The van der Waals surface area contributed by atoms with Gasteiger partial charge in [0.25, 0.3) is 0 Å². The Morgan fingerprint density at radius 1 is 0.328 bits per heavy atom. The predicted octanol–water partition coefficient (Wildman–Crippen LogP) is 16.3. The molecule has 0 unspecified atom stereocenters. The normalized spacial score (nSPS) is 11.6. The second-order valence-corrected chi connectivity index (χ2v) is 15.7. The van der Waals surface area contributed by atoms with Crippen molar-refractivity contribution in [1.29, 1.82) is 0 Å². The summed E-state index contributed by atoms with van der Waals surface area (Å²) >= 11 is 0. The van der Waals surface area contributed by atoms with Crippen LogP contribution in [0.25, 0.3) is 93.6 Å². The number of rotatable bonds is 7. The van der Waals surface area contributed by atoms with Crippen LogP contribution in [0, 0.1) is 0 Å². The van der Waals surface area contributed by atoms with E-state index < -0.39 is 0 Å². The zero-order valence-electron chi connectivity index (χ0n) is 33.2. The van der Waals surface area contributed by atoms with Crippen molar-refractivity contribution in [2.45, 2.75) is 0 Å². The summed E-state index contributed by atoms with van der Waals surface area (Å²) in [6.07, 6.45) is 0. The van der Waals surface area contributed by atoms with Gasteiger partial charge in [0.1, 0.15) is 11.2 Å². The molecule has 0 aliphatic rings. The monoisotopic (exact) mass is 778 g/mol. The fourth-order valence-electron chi connectivity index (χ4n) is 9.32. The molecule has 0 radical (unpaired) electrons. The molecule has 3 nitrogen and oxygen atoms in total. The van der Waals surface area contributed by atoms with Gasteiger partial charge >= 0.3 is 0 Å². The van der Waals surface area contributed by atoms with Crippen LogP contribution < -0.4 is 4.90 Å². The zero-order valence-corrected chi connectivity index (χ0v) is 33.2. The van der Waals surface area contributed by atoms with Gasteiger partial charge in [0.15, 0.2) is 0 Å². The van der Waals surface area contributed by atoms with E-state index >= 15 is 0 Å². The maximum atomic E-state index is 6.92. The Labute approximate surface area is 353 Å². The lowest BCUT2D eigenvalue weighted by atomic mass is 9.97. The van der Waals surface area contributed by atoms with Gasteiger partial charge in [-0.25, -0.2) is 0 Å². The van der Waals surface area contributed by atoms with Crippen molar-refractivity contribution in [3.63, 3.8) is 0 Å². The van der Waals surface area contributed by atoms with Crippen molar-refractivity contribution < 1.29 is 4.42 Å². The van der Waals surface area contributed by atoms with Crippen LogP contribution in [0.1, 0.15) is 0 Å². The van der Waals surface area contributed by atoms with E-state index in [0.29, 0.717) is 0 Å². The topological polar surface area (TPSA) is 21.3 Å². The third-order valence-corrected chi connectivity index (χ3v) is 12.2. The van der Waals surface area contributed by atoms with Crippen LogP contribution in [0.2, 0.25) is 0 Å². The van der Waals surface area contributed by atoms with Crippen LogP contribution in [-0.4, -0.2) is 4.57 Å². The molecule has 0 saturated heterocycles. The van der Waals surface area contributed by atoms with E-state index in [-0.39, 0.29) is 0 Å². The average Bonchev–Trinajstić information content (AvgIpc) is 3.89. The molecule has 0 spiro atoms. The lowest BCUT2D eigenvalue weighted by Crippen LogP contribution is -2.10. The highest BCUT2D eigenvalue weighted by Crippen LogP contribution is 2.43. The molecule has 0 atom stereocenters. The van der Waals surface area contributed by atoms with Crippen LogP contribution in [0.4, 0.5) is 17.1 Å². The molecule has 0 fully saturated rings. The van der Waals surface area contributed by atoms with E-state index in [9.17, 15) is 0 Å². The first-order valence-corrected chi connectivity index (χ1v) is 20.8. The predicted molar refractivity (Wildman–Crippen MR) is 257 cm³/mol. The lowest BCUT2D eigenvalue weighted by molar-refractivity contribution is 0.671. The SMILES string of the molecule is c1ccc(N(c2ccc(-c3cccc4c3oc3c(-c5ccc(-c6ccc7c(c6)c6ccccc6n7-c6ccccc6)cc5)cccc34)cc2)c2cccc3ccccc23)cc1. The summed E-state index contributed by atoms with van der Waals surface area (Å²) in [7, 11) is 0. The molecule has 2 aromatic heterocycles. The Balaban J connectivity index is 0.900. The highest BCUT2D eigenvalue weighted by Gasteiger charge is 2.19. The molecular formula is C58H38N2O. The van der Waals surface area contributed by atoms with Crippen molar-refractivity contribution in [3.8, 4) is 39.1 Å². The summed E-state index contributed by atoms with van der Waals surface area (Å²) in [5.74, 6) is 0. The van der Waals surface area contributed by atoms with Gasteiger partial charge in [-0.15, -0.1) is 0 Å². The second kappa shape index (κ2) is 14.3. The molecule has 10 aromatic carbocycles. The van der Waals surface area contributed by atoms with Gasteiger partial charge in [-0.3, -0.25) is 0 Å². The van der Waals surface area contributed by atoms with Gasteiger partial charge in [0.05, 0.1) is 16.7 Å². The average molecular weight is 779 g/mol. The first kappa shape index (κ1) is 34.9. The van der Waals surface area contributed by atoms with Crippen molar-refractivity contribution in [1.82, 2.24) is 4.57 Å². The minimum absolute atomic E-state index is 0.895. The van der Waals surface area contributed by atoms with Gasteiger partial charge in [-0.1, -0.05) is 170 Å². The molecule has 61 heavy (non-hydrogen) atoms. The van der Waals surface area contributed by atoms with E-state index in [2.05, 4.69) is 240 Å². The summed E-state index contributed by atoms with van der Waals surface area (Å²) in [6, 6.07) is 82.6. The van der Waals surface area contributed by atoms with Gasteiger partial charge in [-0.05, 0) is 88.3 Å². The standard InChI is InChI=1S/C58H38N2O/c1-3-16-44(17-4-1)59(54-27-11-15-40-14-7-8-20-47(40)54)46-35-32-42(33-36-46)49-23-13-25-52-51-24-12-22-48(57(51)61-58(49)52)41-30-28-39(29-31-41)43-34-37-56-53(38-43)50-21-9-10-26-55(50)60(56)45-18-5-2-6-19-45/h1-38H. The molecule has 12 aromatic rings. The van der Waals surface area contributed by atoms with Crippen molar-refractivity contribution >= 4 is 71.6 Å². The van der Waals surface area contributed by atoms with Gasteiger partial charge in [0, 0.05) is 55.1 Å². The third-order valence-electron chi connectivity index (χ3n) is 12.2. The van der Waals surface area contributed by atoms with Gasteiger partial charge < -0.3 is 13.9 Å². The molecule has 0 aliphatic carbocycles. The quantitative estimate of drug-likeness (QED) is 0.161. The molecule has 3 heteroatoms. The maximum Gasteiger partial charge on any atom is 0.143 e. The van der Waals surface area contributed by atoms with Crippen LogP contribution >= 0.6 is 0 Å². The van der Waals surface area contributed by atoms with Gasteiger partial charge in [0.2, 0.25) is 0 Å². The summed E-state index contributed by atoms with van der Waals surface area (Å²) in [6.45, 7) is 0. The molecule has 0 saturated carbocycles. The third kappa shape index (κ3) is 5.82. The summed E-state index contributed by atoms with van der Waals surface area (Å²) in [5, 5.41) is 7.14. The summed E-state index contributed by atoms with van der Waals surface area (Å²) in [5.41, 5.74) is 15.5. The number of hydrogen-bond donors (Lipinski definition) is 0. The highest BCUT2D eigenvalue weighted by atomic mass is 16.3. The fourth-order valence-corrected chi connectivity index (χ4v) is 9.32. The number of benzene rings is 10. The molecule has 0 amide bonds. The van der Waals surface area contributed by atoms with E-state index in [1.165, 1.54) is 49.4 Å². The number of nitrogens with zero attached hydrogens (tertiary/aromatic N) is 2. The number of para-hydroxylation sites is 5. The largest absolute Gasteiger partial charge is 0.455 e. The van der Waals surface area contributed by atoms with Crippen LogP contribution in [0.3, 0.4) is 0 Å². The molecule has 12 rings (SSSR count). The van der Waals surface area contributed by atoms with E-state index in [1.54, 1.807) is 0 Å². The molecular weight excluding hydrogens is 741 g/mol. The van der Waals surface area contributed by atoms with Gasteiger partial charge in [-0.2, -0.15) is 0 Å². The molecule has 0 N–H and O–H groups in total. The molecule has 2 heterocycles. The number of hydrogen-bond acceptors (Lipinski definition) is 2. The minimum Gasteiger partial charge on any atom is -0.455 e. The van der Waals surface area contributed by atoms with Crippen LogP contribution in [-0.2, 0) is 0 Å². The Morgan fingerprint density at radius 3 is 1.56 bits per heavy atom. The van der Waals surface area contributed by atoms with Crippen molar-refractivity contribution in [2.75, 3.05) is 4.90 Å². The number of aromatic nitrogens is 1. The van der Waals surface area contributed by atoms with E-state index in [0.717, 1.165) is 61.3 Å². The maximum absolute atomic E-state index is 6.92. The smallest absolute Gasteiger partial charge is 0.143 e. The lowest BCUT2D eigenvalue weighted by Gasteiger charge is -2.27. The number of anilines is 3. The Kier molecular flexibility index (Phi) is 8.17. The molecule has 286 valence electrons. The Bertz CT molecular complexity index is 3560. The highest BCUT2D eigenvalue weighted by molar-refractivity contribution is 6.13. The minimum atomic E-state index is 0.895. The Hall–Kier alpha value is -8.14. The van der Waals surface area contributed by atoms with E-state index in [1.807, 2.05) is 0 Å². The second-order valence-electron chi connectivity index (χ2n) is 15.7. The Morgan fingerprint density at radius 2 is 0.836 bits per heavy atom. The molecule has 0 bridgehead atoms. The zero-order chi connectivity index (χ0) is 40.3. The summed E-state index contributed by atoms with van der Waals surface area (Å²) in [4.78, 5) is 2.34. The van der Waals surface area contributed by atoms with Crippen LogP contribution in [0.15, 0.2) is 235 Å². The first-order valence-electron chi connectivity index (χ1n) is 20.8. The van der Waals surface area contributed by atoms with Crippen molar-refractivity contribution in [2.24, 2.45) is 0 Å². The number of furan rings is 1. The van der Waals surface area contributed by atoms with E-state index in [4.69, 9.17) is 4.42 Å². The fraction of sp³-hybridized carbons (Fsp3) is 0. The first-order chi connectivity index (χ1) is 30.3. The number of fused-ring (bicyclic) bond motifs is 7. The van der Waals surface area contributed by atoms with Crippen LogP contribution in [0.5, 0.6) is 0 Å².